The fourth-order valence-corrected chi connectivity index (χ4v) is 2.71. The third-order valence-electron chi connectivity index (χ3n) is 3.85. The first kappa shape index (κ1) is 18.7. The number of hydrogen-bond acceptors (Lipinski definition) is 4. The molecule has 0 bridgehead atoms. The highest BCUT2D eigenvalue weighted by molar-refractivity contribution is 9.10. The lowest BCUT2D eigenvalue weighted by Gasteiger charge is -2.28. The summed E-state index contributed by atoms with van der Waals surface area (Å²) in [4.78, 5) is 47.8. The van der Waals surface area contributed by atoms with Gasteiger partial charge in [-0.1, -0.05) is 29.8 Å². The van der Waals surface area contributed by atoms with Gasteiger partial charge in [-0.05, 0) is 30.2 Å². The number of hydrogen-bond donors (Lipinski definition) is 4. The quantitative estimate of drug-likeness (QED) is 0.549. The lowest BCUT2D eigenvalue weighted by Crippen LogP contribution is -2.54. The van der Waals surface area contributed by atoms with E-state index in [1.165, 1.54) is 0 Å². The Balaban J connectivity index is 2.12. The number of anilines is 1. The van der Waals surface area contributed by atoms with Crippen LogP contribution in [0.4, 0.5) is 15.3 Å². The molecular weight excluding hydrogens is 396 g/mol. The molecule has 0 radical (unpaired) electrons. The second-order valence-corrected chi connectivity index (χ2v) is 6.76. The van der Waals surface area contributed by atoms with E-state index in [1.807, 2.05) is 0 Å². The van der Waals surface area contributed by atoms with Crippen molar-refractivity contribution in [3.63, 3.8) is 0 Å². The number of imide groups is 1. The molecular formula is C15H17BrN4O5. The zero-order valence-electron chi connectivity index (χ0n) is 13.5. The SMILES string of the molecule is CC(C)C1(CC(=O)O)NC(=O)N(NC(=O)Nc2ccc(Br)cc2)C1=O. The number of benzene rings is 1. The summed E-state index contributed by atoms with van der Waals surface area (Å²) >= 11 is 3.26. The molecule has 5 amide bonds. The number of urea groups is 2. The van der Waals surface area contributed by atoms with Crippen molar-refractivity contribution in [1.82, 2.24) is 15.8 Å². The predicted octanol–water partition coefficient (Wildman–Crippen LogP) is 1.91. The summed E-state index contributed by atoms with van der Waals surface area (Å²) in [6.07, 6.45) is -0.582. The van der Waals surface area contributed by atoms with Crippen LogP contribution in [0.25, 0.3) is 0 Å². The van der Waals surface area contributed by atoms with Crippen molar-refractivity contribution < 1.29 is 24.3 Å². The van der Waals surface area contributed by atoms with Crippen LogP contribution in [0.5, 0.6) is 0 Å². The number of halogens is 1. The zero-order valence-corrected chi connectivity index (χ0v) is 15.1. The average Bonchev–Trinajstić information content (AvgIpc) is 2.74. The van der Waals surface area contributed by atoms with E-state index < -0.39 is 41.8 Å². The standard InChI is InChI=1S/C15H17BrN4O5/c1-8(2)15(7-11(21)22)12(23)20(14(25)18-15)19-13(24)17-10-5-3-9(16)4-6-10/h3-6,8H,7H2,1-2H3,(H,18,25)(H,21,22)(H2,17,19,24). The Kier molecular flexibility index (Phi) is 5.31. The number of rotatable bonds is 5. The van der Waals surface area contributed by atoms with Crippen molar-refractivity contribution in [1.29, 1.82) is 0 Å². The minimum Gasteiger partial charge on any atom is -0.481 e. The number of carboxylic acid groups (broad SMARTS) is 1. The van der Waals surface area contributed by atoms with Crippen molar-refractivity contribution in [2.75, 3.05) is 5.32 Å². The summed E-state index contributed by atoms with van der Waals surface area (Å²) in [6.45, 7) is 3.24. The third kappa shape index (κ3) is 3.90. The lowest BCUT2D eigenvalue weighted by molar-refractivity contribution is -0.145. The van der Waals surface area contributed by atoms with Crippen molar-refractivity contribution in [3.05, 3.63) is 28.7 Å². The van der Waals surface area contributed by atoms with Gasteiger partial charge in [-0.15, -0.1) is 0 Å². The van der Waals surface area contributed by atoms with Gasteiger partial charge < -0.3 is 15.7 Å². The van der Waals surface area contributed by atoms with E-state index in [4.69, 9.17) is 5.11 Å². The van der Waals surface area contributed by atoms with Crippen LogP contribution in [0.3, 0.4) is 0 Å². The first-order valence-corrected chi connectivity index (χ1v) is 8.16. The molecule has 25 heavy (non-hydrogen) atoms. The molecule has 0 saturated carbocycles. The van der Waals surface area contributed by atoms with Crippen LogP contribution >= 0.6 is 15.9 Å². The predicted molar refractivity (Wildman–Crippen MR) is 91.5 cm³/mol. The topological polar surface area (TPSA) is 128 Å². The van der Waals surface area contributed by atoms with E-state index in [-0.39, 0.29) is 0 Å². The van der Waals surface area contributed by atoms with Gasteiger partial charge in [0.1, 0.15) is 5.54 Å². The van der Waals surface area contributed by atoms with E-state index in [1.54, 1.807) is 38.1 Å². The number of nitrogens with one attached hydrogen (secondary N) is 3. The number of amides is 5. The van der Waals surface area contributed by atoms with E-state index >= 15 is 0 Å². The highest BCUT2D eigenvalue weighted by Gasteiger charge is 2.55. The maximum absolute atomic E-state index is 12.6. The minimum absolute atomic E-state index is 0.452. The van der Waals surface area contributed by atoms with Gasteiger partial charge in [0.05, 0.1) is 6.42 Å². The smallest absolute Gasteiger partial charge is 0.344 e. The molecule has 2 rings (SSSR count). The Labute approximate surface area is 151 Å². The van der Waals surface area contributed by atoms with Crippen LogP contribution in [-0.4, -0.2) is 39.6 Å². The Morgan fingerprint density at radius 3 is 2.40 bits per heavy atom. The zero-order chi connectivity index (χ0) is 18.8. The molecule has 1 aliphatic heterocycles. The molecule has 10 heteroatoms. The summed E-state index contributed by atoms with van der Waals surface area (Å²) in [7, 11) is 0. The molecule has 1 aromatic rings. The van der Waals surface area contributed by atoms with Crippen LogP contribution in [-0.2, 0) is 9.59 Å². The second-order valence-electron chi connectivity index (χ2n) is 5.84. The van der Waals surface area contributed by atoms with Crippen molar-refractivity contribution in [2.45, 2.75) is 25.8 Å². The Hall–Kier alpha value is -2.62. The summed E-state index contributed by atoms with van der Waals surface area (Å²) in [6, 6.07) is 4.98. The maximum Gasteiger partial charge on any atom is 0.344 e. The maximum atomic E-state index is 12.6. The van der Waals surface area contributed by atoms with E-state index in [2.05, 4.69) is 32.0 Å². The lowest BCUT2D eigenvalue weighted by atomic mass is 9.83. The summed E-state index contributed by atoms with van der Waals surface area (Å²) in [5.41, 5.74) is 0.990. The van der Waals surface area contributed by atoms with Crippen LogP contribution in [0.1, 0.15) is 20.3 Å². The summed E-state index contributed by atoms with van der Waals surface area (Å²) < 4.78 is 0.822. The highest BCUT2D eigenvalue weighted by atomic mass is 79.9. The fraction of sp³-hybridized carbons (Fsp3) is 0.333. The number of carboxylic acids is 1. The molecule has 134 valence electrons. The van der Waals surface area contributed by atoms with E-state index in [9.17, 15) is 19.2 Å². The fourth-order valence-electron chi connectivity index (χ4n) is 2.44. The van der Waals surface area contributed by atoms with Gasteiger partial charge in [0.2, 0.25) is 0 Å². The third-order valence-corrected chi connectivity index (χ3v) is 4.38. The minimum atomic E-state index is -1.60. The van der Waals surface area contributed by atoms with E-state index in [0.29, 0.717) is 10.7 Å². The Bertz CT molecular complexity index is 721. The Morgan fingerprint density at radius 1 is 1.28 bits per heavy atom. The molecule has 1 heterocycles. The van der Waals surface area contributed by atoms with Crippen LogP contribution in [0, 0.1) is 5.92 Å². The van der Waals surface area contributed by atoms with Crippen LogP contribution in [0.2, 0.25) is 0 Å². The molecule has 1 aromatic carbocycles. The van der Waals surface area contributed by atoms with Gasteiger partial charge in [-0.3, -0.25) is 9.59 Å². The molecule has 9 nitrogen and oxygen atoms in total. The molecule has 1 fully saturated rings. The number of aliphatic carboxylic acids is 1. The number of carbonyl (C=O) groups excluding carboxylic acids is 3. The van der Waals surface area contributed by atoms with Gasteiger partial charge in [0, 0.05) is 10.2 Å². The molecule has 1 unspecified atom stereocenters. The molecule has 1 atom stereocenters. The normalized spacial score (nSPS) is 19.8. The van der Waals surface area contributed by atoms with Crippen LogP contribution in [0.15, 0.2) is 28.7 Å². The summed E-state index contributed by atoms with van der Waals surface area (Å²) in [5, 5.41) is 14.4. The average molecular weight is 413 g/mol. The molecule has 0 aliphatic carbocycles. The number of carbonyl (C=O) groups is 4. The molecule has 1 aliphatic rings. The van der Waals surface area contributed by atoms with Gasteiger partial charge in [-0.2, -0.15) is 5.01 Å². The number of hydrazine groups is 1. The van der Waals surface area contributed by atoms with Gasteiger partial charge in [0.15, 0.2) is 0 Å². The number of nitrogens with zero attached hydrogens (tertiary/aromatic N) is 1. The van der Waals surface area contributed by atoms with Crippen molar-refractivity contribution >= 4 is 45.6 Å². The monoisotopic (exact) mass is 412 g/mol. The summed E-state index contributed by atoms with van der Waals surface area (Å²) in [5.74, 6) is -2.54. The van der Waals surface area contributed by atoms with Gasteiger partial charge in [0.25, 0.3) is 5.91 Å². The van der Waals surface area contributed by atoms with E-state index in [0.717, 1.165) is 4.47 Å². The second kappa shape index (κ2) is 7.09. The molecule has 4 N–H and O–H groups in total. The largest absolute Gasteiger partial charge is 0.481 e. The molecule has 0 aromatic heterocycles. The molecule has 1 saturated heterocycles. The molecule has 0 spiro atoms. The van der Waals surface area contributed by atoms with Crippen molar-refractivity contribution in [2.24, 2.45) is 5.92 Å². The van der Waals surface area contributed by atoms with Crippen molar-refractivity contribution in [3.8, 4) is 0 Å². The first-order chi connectivity index (χ1) is 11.7. The van der Waals surface area contributed by atoms with Gasteiger partial charge in [-0.25, -0.2) is 15.0 Å². The highest BCUT2D eigenvalue weighted by Crippen LogP contribution is 2.28. The Morgan fingerprint density at radius 2 is 1.88 bits per heavy atom. The van der Waals surface area contributed by atoms with Crippen LogP contribution < -0.4 is 16.1 Å². The van der Waals surface area contributed by atoms with Gasteiger partial charge >= 0.3 is 18.0 Å². The first-order valence-electron chi connectivity index (χ1n) is 7.37.